The lowest BCUT2D eigenvalue weighted by atomic mass is 9.82. The van der Waals surface area contributed by atoms with E-state index in [4.69, 9.17) is 9.47 Å². The van der Waals surface area contributed by atoms with Crippen molar-refractivity contribution in [3.63, 3.8) is 0 Å². The van der Waals surface area contributed by atoms with Gasteiger partial charge in [-0.1, -0.05) is 0 Å². The molecule has 5 nitrogen and oxygen atoms in total. The van der Waals surface area contributed by atoms with Crippen molar-refractivity contribution in [2.24, 2.45) is 5.41 Å². The first-order valence-electron chi connectivity index (χ1n) is 5.16. The Balaban J connectivity index is 4.97. The van der Waals surface area contributed by atoms with Crippen LogP contribution in [0.2, 0.25) is 0 Å². The molecule has 0 aliphatic rings. The van der Waals surface area contributed by atoms with Crippen LogP contribution in [0.3, 0.4) is 0 Å². The Labute approximate surface area is 90.6 Å². The van der Waals surface area contributed by atoms with E-state index in [1.54, 1.807) is 20.8 Å². The Morgan fingerprint density at radius 2 is 1.20 bits per heavy atom. The largest absolute Gasteiger partial charge is 0.395 e. The SMILES string of the molecule is CCOC(C)(OCC)C(CO)(CO)CO. The molecule has 0 saturated heterocycles. The summed E-state index contributed by atoms with van der Waals surface area (Å²) < 4.78 is 10.8. The molecule has 0 aromatic carbocycles. The van der Waals surface area contributed by atoms with Gasteiger partial charge in [0, 0.05) is 13.2 Å². The second-order valence-corrected chi connectivity index (χ2v) is 3.57. The number of hydrogen-bond acceptors (Lipinski definition) is 5. The molecule has 5 heteroatoms. The molecule has 92 valence electrons. The van der Waals surface area contributed by atoms with Crippen LogP contribution in [0.25, 0.3) is 0 Å². The van der Waals surface area contributed by atoms with Gasteiger partial charge in [-0.25, -0.2) is 0 Å². The Bertz CT molecular complexity index is 153. The summed E-state index contributed by atoms with van der Waals surface area (Å²) in [6, 6.07) is 0. The molecule has 0 aliphatic heterocycles. The second kappa shape index (κ2) is 6.40. The molecule has 0 aromatic heterocycles. The highest BCUT2D eigenvalue weighted by Gasteiger charge is 2.49. The van der Waals surface area contributed by atoms with Crippen LogP contribution in [0.1, 0.15) is 20.8 Å². The average Bonchev–Trinajstić information content (AvgIpc) is 2.21. The molecule has 3 N–H and O–H groups in total. The van der Waals surface area contributed by atoms with E-state index >= 15 is 0 Å². The zero-order chi connectivity index (χ0) is 11.9. The van der Waals surface area contributed by atoms with Crippen molar-refractivity contribution in [2.75, 3.05) is 33.0 Å². The molecule has 0 aliphatic carbocycles. The van der Waals surface area contributed by atoms with Gasteiger partial charge < -0.3 is 24.8 Å². The van der Waals surface area contributed by atoms with E-state index in [0.717, 1.165) is 0 Å². The fourth-order valence-electron chi connectivity index (χ4n) is 1.48. The zero-order valence-electron chi connectivity index (χ0n) is 9.69. The maximum atomic E-state index is 9.29. The van der Waals surface area contributed by atoms with Crippen molar-refractivity contribution in [1.82, 2.24) is 0 Å². The summed E-state index contributed by atoms with van der Waals surface area (Å²) in [5.41, 5.74) is -1.20. The highest BCUT2D eigenvalue weighted by atomic mass is 16.7. The van der Waals surface area contributed by atoms with E-state index in [-0.39, 0.29) is 0 Å². The van der Waals surface area contributed by atoms with Crippen LogP contribution in [0.5, 0.6) is 0 Å². The summed E-state index contributed by atoms with van der Waals surface area (Å²) in [5.74, 6) is -1.19. The lowest BCUT2D eigenvalue weighted by molar-refractivity contribution is -0.307. The van der Waals surface area contributed by atoms with Crippen molar-refractivity contribution in [1.29, 1.82) is 0 Å². The minimum atomic E-state index is -1.20. The van der Waals surface area contributed by atoms with Gasteiger partial charge in [0.05, 0.1) is 25.2 Å². The van der Waals surface area contributed by atoms with E-state index in [0.29, 0.717) is 13.2 Å². The van der Waals surface area contributed by atoms with Crippen LogP contribution in [0.15, 0.2) is 0 Å². The van der Waals surface area contributed by atoms with Gasteiger partial charge >= 0.3 is 0 Å². The maximum Gasteiger partial charge on any atom is 0.177 e. The highest BCUT2D eigenvalue weighted by molar-refractivity contribution is 4.90. The van der Waals surface area contributed by atoms with Crippen molar-refractivity contribution < 1.29 is 24.8 Å². The molecule has 0 bridgehead atoms. The Morgan fingerprint density at radius 1 is 0.867 bits per heavy atom. The molecule has 0 atom stereocenters. The number of hydrogen-bond donors (Lipinski definition) is 3. The molecule has 0 fully saturated rings. The normalized spacial score (nSPS) is 13.2. The first-order valence-corrected chi connectivity index (χ1v) is 5.16. The van der Waals surface area contributed by atoms with Gasteiger partial charge in [-0.2, -0.15) is 0 Å². The van der Waals surface area contributed by atoms with Crippen LogP contribution < -0.4 is 0 Å². The summed E-state index contributed by atoms with van der Waals surface area (Å²) in [7, 11) is 0. The molecular weight excluding hydrogens is 200 g/mol. The predicted molar refractivity (Wildman–Crippen MR) is 55.3 cm³/mol. The van der Waals surface area contributed by atoms with Gasteiger partial charge in [-0.15, -0.1) is 0 Å². The van der Waals surface area contributed by atoms with Gasteiger partial charge in [-0.05, 0) is 20.8 Å². The number of aliphatic hydroxyl groups is 3. The van der Waals surface area contributed by atoms with Crippen LogP contribution in [0.4, 0.5) is 0 Å². The topological polar surface area (TPSA) is 79.2 Å². The van der Waals surface area contributed by atoms with E-state index in [1.165, 1.54) is 0 Å². The second-order valence-electron chi connectivity index (χ2n) is 3.57. The summed E-state index contributed by atoms with van der Waals surface area (Å²) >= 11 is 0. The molecule has 0 unspecified atom stereocenters. The smallest absolute Gasteiger partial charge is 0.177 e. The Morgan fingerprint density at radius 3 is 1.40 bits per heavy atom. The fraction of sp³-hybridized carbons (Fsp3) is 1.00. The van der Waals surface area contributed by atoms with Gasteiger partial charge in [0.1, 0.15) is 0 Å². The van der Waals surface area contributed by atoms with Crippen molar-refractivity contribution >= 4 is 0 Å². The van der Waals surface area contributed by atoms with E-state index in [9.17, 15) is 15.3 Å². The van der Waals surface area contributed by atoms with Gasteiger partial charge in [0.25, 0.3) is 0 Å². The molecule has 0 heterocycles. The lowest BCUT2D eigenvalue weighted by Gasteiger charge is -2.44. The van der Waals surface area contributed by atoms with E-state index in [1.807, 2.05) is 0 Å². The third-order valence-electron chi connectivity index (χ3n) is 2.71. The minimum absolute atomic E-state index is 0.373. The van der Waals surface area contributed by atoms with Gasteiger partial charge in [0.2, 0.25) is 0 Å². The summed E-state index contributed by atoms with van der Waals surface area (Å²) in [6.45, 7) is 4.71. The third kappa shape index (κ3) is 2.89. The van der Waals surface area contributed by atoms with Crippen LogP contribution in [0, 0.1) is 5.41 Å². The fourth-order valence-corrected chi connectivity index (χ4v) is 1.48. The molecule has 0 radical (unpaired) electrons. The van der Waals surface area contributed by atoms with Crippen molar-refractivity contribution in [3.05, 3.63) is 0 Å². The number of aliphatic hydroxyl groups excluding tert-OH is 3. The van der Waals surface area contributed by atoms with Crippen LogP contribution in [-0.2, 0) is 9.47 Å². The monoisotopic (exact) mass is 222 g/mol. The summed E-state index contributed by atoms with van der Waals surface area (Å²) in [4.78, 5) is 0. The molecular formula is C10H22O5. The predicted octanol–water partition coefficient (Wildman–Crippen LogP) is -0.261. The lowest BCUT2D eigenvalue weighted by Crippen LogP contribution is -2.57. The average molecular weight is 222 g/mol. The zero-order valence-corrected chi connectivity index (χ0v) is 9.69. The van der Waals surface area contributed by atoms with E-state index in [2.05, 4.69) is 0 Å². The Hall–Kier alpha value is -0.200. The van der Waals surface area contributed by atoms with Gasteiger partial charge in [-0.3, -0.25) is 0 Å². The molecule has 0 spiro atoms. The molecule has 0 rings (SSSR count). The molecule has 0 aromatic rings. The first-order chi connectivity index (χ1) is 7.05. The van der Waals surface area contributed by atoms with Crippen LogP contribution in [-0.4, -0.2) is 54.1 Å². The van der Waals surface area contributed by atoms with Crippen molar-refractivity contribution in [3.8, 4) is 0 Å². The summed E-state index contributed by atoms with van der Waals surface area (Å²) in [5, 5.41) is 27.9. The highest BCUT2D eigenvalue weighted by Crippen LogP contribution is 2.35. The standard InChI is InChI=1S/C10H22O5/c1-4-14-9(3,15-5-2)10(6-11,7-12)8-13/h11-13H,4-8H2,1-3H3. The minimum Gasteiger partial charge on any atom is -0.395 e. The maximum absolute atomic E-state index is 9.29. The van der Waals surface area contributed by atoms with E-state index < -0.39 is 31.0 Å². The number of ether oxygens (including phenoxy) is 2. The third-order valence-corrected chi connectivity index (χ3v) is 2.71. The molecule has 0 saturated carbocycles. The van der Waals surface area contributed by atoms with Crippen molar-refractivity contribution in [2.45, 2.75) is 26.6 Å². The Kier molecular flexibility index (Phi) is 6.31. The van der Waals surface area contributed by atoms with Crippen LogP contribution >= 0.6 is 0 Å². The van der Waals surface area contributed by atoms with Gasteiger partial charge in [0.15, 0.2) is 5.79 Å². The number of rotatable bonds is 8. The molecule has 15 heavy (non-hydrogen) atoms. The summed E-state index contributed by atoms with van der Waals surface area (Å²) in [6.07, 6.45) is 0. The molecule has 0 amide bonds. The first kappa shape index (κ1) is 14.8. The quantitative estimate of drug-likeness (QED) is 0.493.